The average Bonchev–Trinajstić information content (AvgIpc) is 3.10. The van der Waals surface area contributed by atoms with E-state index in [4.69, 9.17) is 0 Å². The van der Waals surface area contributed by atoms with E-state index < -0.39 is 0 Å². The van der Waals surface area contributed by atoms with Crippen molar-refractivity contribution in [3.63, 3.8) is 0 Å². The maximum atomic E-state index is 12.0. The van der Waals surface area contributed by atoms with Crippen LogP contribution in [0.4, 0.5) is 5.69 Å². The number of aromatic nitrogens is 2. The second kappa shape index (κ2) is 5.16. The van der Waals surface area contributed by atoms with E-state index in [0.717, 1.165) is 5.69 Å². The lowest BCUT2D eigenvalue weighted by molar-refractivity contribution is -0.123. The van der Waals surface area contributed by atoms with Crippen molar-refractivity contribution in [3.8, 4) is 5.69 Å². The minimum absolute atomic E-state index is 0.0737. The van der Waals surface area contributed by atoms with Crippen molar-refractivity contribution in [2.45, 2.75) is 6.42 Å². The number of benzene rings is 1. The Balaban J connectivity index is 1.73. The second-order valence-corrected chi connectivity index (χ2v) is 4.70. The van der Waals surface area contributed by atoms with E-state index in [1.165, 1.54) is 0 Å². The molecule has 0 saturated carbocycles. The van der Waals surface area contributed by atoms with Gasteiger partial charge in [0.25, 0.3) is 0 Å². The number of anilines is 1. The maximum absolute atomic E-state index is 12.0. The summed E-state index contributed by atoms with van der Waals surface area (Å²) in [6.45, 7) is 0.406. The Hall–Kier alpha value is -2.63. The standard InChI is InChI=1S/C14H14N4O2/c19-13-7-10(9-15-13)14(20)17-11-3-1-4-12(8-11)18-6-2-5-16-18/h1-6,8,10H,7,9H2,(H,15,19)(H,17,20). The third-order valence-corrected chi connectivity index (χ3v) is 3.23. The molecule has 1 aliphatic rings. The van der Waals surface area contributed by atoms with Gasteiger partial charge in [-0.25, -0.2) is 4.68 Å². The number of nitrogens with one attached hydrogen (secondary N) is 2. The van der Waals surface area contributed by atoms with E-state index in [2.05, 4.69) is 15.7 Å². The zero-order chi connectivity index (χ0) is 13.9. The summed E-state index contributed by atoms with van der Waals surface area (Å²) in [7, 11) is 0. The van der Waals surface area contributed by atoms with Gasteiger partial charge in [0, 0.05) is 31.0 Å². The predicted molar refractivity (Wildman–Crippen MR) is 73.3 cm³/mol. The number of amides is 2. The summed E-state index contributed by atoms with van der Waals surface area (Å²) < 4.78 is 1.72. The molecule has 1 saturated heterocycles. The monoisotopic (exact) mass is 270 g/mol. The van der Waals surface area contributed by atoms with Crippen molar-refractivity contribution in [1.82, 2.24) is 15.1 Å². The molecule has 1 unspecified atom stereocenters. The van der Waals surface area contributed by atoms with Crippen LogP contribution < -0.4 is 10.6 Å². The fraction of sp³-hybridized carbons (Fsp3) is 0.214. The normalized spacial score (nSPS) is 17.8. The number of rotatable bonds is 3. The van der Waals surface area contributed by atoms with Crippen LogP contribution in [-0.4, -0.2) is 28.1 Å². The molecule has 6 heteroatoms. The molecule has 20 heavy (non-hydrogen) atoms. The zero-order valence-corrected chi connectivity index (χ0v) is 10.7. The molecule has 6 nitrogen and oxygen atoms in total. The Labute approximate surface area is 115 Å². The van der Waals surface area contributed by atoms with Crippen LogP contribution in [0.5, 0.6) is 0 Å². The van der Waals surface area contributed by atoms with E-state index in [1.807, 2.05) is 36.5 Å². The molecular formula is C14H14N4O2. The van der Waals surface area contributed by atoms with Crippen molar-refractivity contribution in [1.29, 1.82) is 0 Å². The molecule has 1 aromatic heterocycles. The summed E-state index contributed by atoms with van der Waals surface area (Å²) in [5.41, 5.74) is 1.57. The van der Waals surface area contributed by atoms with Crippen LogP contribution in [0.2, 0.25) is 0 Å². The highest BCUT2D eigenvalue weighted by atomic mass is 16.2. The topological polar surface area (TPSA) is 76.0 Å². The van der Waals surface area contributed by atoms with E-state index in [0.29, 0.717) is 12.2 Å². The molecule has 2 heterocycles. The van der Waals surface area contributed by atoms with Gasteiger partial charge in [0.05, 0.1) is 11.6 Å². The van der Waals surface area contributed by atoms with Gasteiger partial charge in [0.15, 0.2) is 0 Å². The van der Waals surface area contributed by atoms with Crippen molar-refractivity contribution >= 4 is 17.5 Å². The minimum Gasteiger partial charge on any atom is -0.355 e. The Morgan fingerprint density at radius 3 is 3.00 bits per heavy atom. The first-order valence-corrected chi connectivity index (χ1v) is 6.40. The average molecular weight is 270 g/mol. The first kappa shape index (κ1) is 12.4. The van der Waals surface area contributed by atoms with Crippen molar-refractivity contribution in [3.05, 3.63) is 42.7 Å². The molecule has 0 aliphatic carbocycles. The number of hydrogen-bond acceptors (Lipinski definition) is 3. The highest BCUT2D eigenvalue weighted by Crippen LogP contribution is 2.17. The molecule has 2 aromatic rings. The molecule has 102 valence electrons. The van der Waals surface area contributed by atoms with Gasteiger partial charge in [-0.1, -0.05) is 6.07 Å². The van der Waals surface area contributed by atoms with E-state index in [1.54, 1.807) is 10.9 Å². The van der Waals surface area contributed by atoms with Crippen LogP contribution in [0.25, 0.3) is 5.69 Å². The molecule has 0 radical (unpaired) electrons. The van der Waals surface area contributed by atoms with Crippen LogP contribution in [0, 0.1) is 5.92 Å². The fourth-order valence-electron chi connectivity index (χ4n) is 2.18. The SMILES string of the molecule is O=C1CC(C(=O)Nc2cccc(-n3cccn3)c2)CN1. The first-order chi connectivity index (χ1) is 9.72. The largest absolute Gasteiger partial charge is 0.355 e. The Kier molecular flexibility index (Phi) is 3.20. The van der Waals surface area contributed by atoms with Crippen molar-refractivity contribution in [2.75, 3.05) is 11.9 Å². The summed E-state index contributed by atoms with van der Waals surface area (Å²) in [5, 5.41) is 9.63. The molecule has 0 bridgehead atoms. The number of nitrogens with zero attached hydrogens (tertiary/aromatic N) is 2. The third kappa shape index (κ3) is 2.54. The highest BCUT2D eigenvalue weighted by Gasteiger charge is 2.27. The summed E-state index contributed by atoms with van der Waals surface area (Å²) >= 11 is 0. The molecule has 2 N–H and O–H groups in total. The second-order valence-electron chi connectivity index (χ2n) is 4.70. The maximum Gasteiger partial charge on any atom is 0.229 e. The highest BCUT2D eigenvalue weighted by molar-refractivity contribution is 5.97. The molecule has 0 spiro atoms. The van der Waals surface area contributed by atoms with Crippen molar-refractivity contribution in [2.24, 2.45) is 5.92 Å². The van der Waals surface area contributed by atoms with Crippen LogP contribution in [0.3, 0.4) is 0 Å². The predicted octanol–water partition coefficient (Wildman–Crippen LogP) is 0.947. The molecule has 1 aromatic carbocycles. The van der Waals surface area contributed by atoms with Crippen LogP contribution in [0.15, 0.2) is 42.7 Å². The Morgan fingerprint density at radius 1 is 1.40 bits per heavy atom. The van der Waals surface area contributed by atoms with Gasteiger partial charge in [-0.3, -0.25) is 9.59 Å². The van der Waals surface area contributed by atoms with Gasteiger partial charge in [-0.05, 0) is 24.3 Å². The fourth-order valence-corrected chi connectivity index (χ4v) is 2.18. The lowest BCUT2D eigenvalue weighted by atomic mass is 10.1. The molecular weight excluding hydrogens is 256 g/mol. The van der Waals surface area contributed by atoms with Crippen molar-refractivity contribution < 1.29 is 9.59 Å². The zero-order valence-electron chi connectivity index (χ0n) is 10.7. The lowest BCUT2D eigenvalue weighted by Gasteiger charge is -2.10. The van der Waals surface area contributed by atoms with Gasteiger partial charge < -0.3 is 10.6 Å². The van der Waals surface area contributed by atoms with Gasteiger partial charge in [0.1, 0.15) is 0 Å². The smallest absolute Gasteiger partial charge is 0.229 e. The lowest BCUT2D eigenvalue weighted by Crippen LogP contribution is -2.24. The molecule has 2 amide bonds. The Bertz CT molecular complexity index is 636. The molecule has 1 aliphatic heterocycles. The first-order valence-electron chi connectivity index (χ1n) is 6.40. The molecule has 1 atom stereocenters. The number of carbonyl (C=O) groups is 2. The number of carbonyl (C=O) groups excluding carboxylic acids is 2. The van der Waals surface area contributed by atoms with Crippen LogP contribution in [-0.2, 0) is 9.59 Å². The van der Waals surface area contributed by atoms with Gasteiger partial charge in [0.2, 0.25) is 11.8 Å². The summed E-state index contributed by atoms with van der Waals surface area (Å²) in [4.78, 5) is 23.1. The van der Waals surface area contributed by atoms with E-state index in [9.17, 15) is 9.59 Å². The van der Waals surface area contributed by atoms with E-state index >= 15 is 0 Å². The van der Waals surface area contributed by atoms with Crippen LogP contribution in [0.1, 0.15) is 6.42 Å². The number of hydrogen-bond donors (Lipinski definition) is 2. The summed E-state index contributed by atoms with van der Waals surface area (Å²) in [5.74, 6) is -0.507. The molecule has 3 rings (SSSR count). The quantitative estimate of drug-likeness (QED) is 0.871. The van der Waals surface area contributed by atoms with Crippen LogP contribution >= 0.6 is 0 Å². The third-order valence-electron chi connectivity index (χ3n) is 3.23. The Morgan fingerprint density at radius 2 is 2.30 bits per heavy atom. The molecule has 1 fully saturated rings. The van der Waals surface area contributed by atoms with E-state index in [-0.39, 0.29) is 24.2 Å². The van der Waals surface area contributed by atoms with Gasteiger partial charge >= 0.3 is 0 Å². The minimum atomic E-state index is -0.296. The van der Waals surface area contributed by atoms with Gasteiger partial charge in [-0.15, -0.1) is 0 Å². The summed E-state index contributed by atoms with van der Waals surface area (Å²) in [6.07, 6.45) is 3.78. The summed E-state index contributed by atoms with van der Waals surface area (Å²) in [6, 6.07) is 9.25. The van der Waals surface area contributed by atoms with Gasteiger partial charge in [-0.2, -0.15) is 5.10 Å².